The van der Waals surface area contributed by atoms with Crippen molar-refractivity contribution in [3.05, 3.63) is 24.3 Å². The molecule has 1 saturated carbocycles. The van der Waals surface area contributed by atoms with Gasteiger partial charge >= 0.3 is 0 Å². The van der Waals surface area contributed by atoms with Gasteiger partial charge in [-0.2, -0.15) is 0 Å². The van der Waals surface area contributed by atoms with Crippen LogP contribution in [0.1, 0.15) is 12.8 Å². The van der Waals surface area contributed by atoms with Gasteiger partial charge in [-0.3, -0.25) is 0 Å². The van der Waals surface area contributed by atoms with Gasteiger partial charge in [0.05, 0.1) is 11.8 Å². The summed E-state index contributed by atoms with van der Waals surface area (Å²) in [5.74, 6) is 0.975. The van der Waals surface area contributed by atoms with Gasteiger partial charge in [-0.15, -0.1) is 0 Å². The smallest absolute Gasteiger partial charge is 0.142 e. The fourth-order valence-corrected chi connectivity index (χ4v) is 1.14. The highest BCUT2D eigenvalue weighted by Crippen LogP contribution is 2.31. The predicted octanol–water partition coefficient (Wildman–Crippen LogP) is 2.27. The second-order valence-corrected chi connectivity index (χ2v) is 3.06. The molecule has 12 heavy (non-hydrogen) atoms. The van der Waals surface area contributed by atoms with Gasteiger partial charge in [0.1, 0.15) is 5.75 Å². The molecule has 0 amide bonds. The maximum atomic E-state index is 5.68. The van der Waals surface area contributed by atoms with Crippen LogP contribution in [-0.4, -0.2) is 13.2 Å². The quantitative estimate of drug-likeness (QED) is 0.738. The van der Waals surface area contributed by atoms with Gasteiger partial charge in [-0.25, -0.2) is 0 Å². The lowest BCUT2D eigenvalue weighted by Gasteiger charge is -2.09. The van der Waals surface area contributed by atoms with Crippen molar-refractivity contribution in [2.45, 2.75) is 18.9 Å². The Morgan fingerprint density at radius 3 is 2.75 bits per heavy atom. The molecule has 1 aliphatic rings. The Kier molecular flexibility index (Phi) is 1.90. The Bertz CT molecular complexity index is 268. The Hall–Kier alpha value is -1.18. The summed E-state index contributed by atoms with van der Waals surface area (Å²) in [7, 11) is 1.91. The average molecular weight is 163 g/mol. The highest BCUT2D eigenvalue weighted by molar-refractivity contribution is 5.55. The van der Waals surface area contributed by atoms with E-state index in [9.17, 15) is 0 Å². The van der Waals surface area contributed by atoms with E-state index in [1.807, 2.05) is 31.3 Å². The summed E-state index contributed by atoms with van der Waals surface area (Å²) >= 11 is 0. The van der Waals surface area contributed by atoms with Gasteiger partial charge in [0.25, 0.3) is 0 Å². The van der Waals surface area contributed by atoms with Gasteiger partial charge in [-0.1, -0.05) is 12.1 Å². The zero-order chi connectivity index (χ0) is 8.39. The Balaban J connectivity index is 2.15. The number of hydrogen-bond donors (Lipinski definition) is 1. The summed E-state index contributed by atoms with van der Waals surface area (Å²) in [5.41, 5.74) is 1.07. The van der Waals surface area contributed by atoms with E-state index in [2.05, 4.69) is 5.32 Å². The molecule has 0 radical (unpaired) electrons. The fraction of sp³-hybridized carbons (Fsp3) is 0.400. The van der Waals surface area contributed by atoms with Crippen LogP contribution >= 0.6 is 0 Å². The molecule has 1 aliphatic carbocycles. The number of hydrogen-bond acceptors (Lipinski definition) is 2. The van der Waals surface area contributed by atoms with Crippen LogP contribution in [0.15, 0.2) is 24.3 Å². The van der Waals surface area contributed by atoms with Gasteiger partial charge in [-0.05, 0) is 25.0 Å². The van der Waals surface area contributed by atoms with E-state index in [4.69, 9.17) is 4.74 Å². The summed E-state index contributed by atoms with van der Waals surface area (Å²) in [6.07, 6.45) is 2.88. The predicted molar refractivity (Wildman–Crippen MR) is 49.6 cm³/mol. The van der Waals surface area contributed by atoms with Crippen molar-refractivity contribution in [2.75, 3.05) is 12.4 Å². The number of para-hydroxylation sites is 2. The fourth-order valence-electron chi connectivity index (χ4n) is 1.14. The molecular formula is C10H13NO. The minimum atomic E-state index is 0.472. The molecule has 1 fully saturated rings. The van der Waals surface area contributed by atoms with E-state index < -0.39 is 0 Å². The summed E-state index contributed by atoms with van der Waals surface area (Å²) < 4.78 is 5.68. The largest absolute Gasteiger partial charge is 0.488 e. The van der Waals surface area contributed by atoms with Crippen LogP contribution in [0, 0.1) is 0 Å². The van der Waals surface area contributed by atoms with E-state index in [0.717, 1.165) is 11.4 Å². The zero-order valence-electron chi connectivity index (χ0n) is 7.21. The summed E-state index contributed by atoms with van der Waals surface area (Å²) in [4.78, 5) is 0. The third kappa shape index (κ3) is 1.52. The number of rotatable bonds is 3. The molecule has 64 valence electrons. The molecule has 0 spiro atoms. The van der Waals surface area contributed by atoms with Crippen molar-refractivity contribution in [1.29, 1.82) is 0 Å². The normalized spacial score (nSPS) is 15.8. The number of nitrogens with one attached hydrogen (secondary N) is 1. The highest BCUT2D eigenvalue weighted by Gasteiger charge is 2.24. The molecule has 2 rings (SSSR count). The third-order valence-corrected chi connectivity index (χ3v) is 1.97. The van der Waals surface area contributed by atoms with E-state index in [1.54, 1.807) is 0 Å². The van der Waals surface area contributed by atoms with Crippen LogP contribution in [-0.2, 0) is 0 Å². The first kappa shape index (κ1) is 7.47. The van der Waals surface area contributed by atoms with Gasteiger partial charge in [0, 0.05) is 7.05 Å². The molecule has 0 saturated heterocycles. The first-order valence-electron chi connectivity index (χ1n) is 4.33. The first-order valence-corrected chi connectivity index (χ1v) is 4.33. The van der Waals surface area contributed by atoms with E-state index in [-0.39, 0.29) is 0 Å². The lowest BCUT2D eigenvalue weighted by Crippen LogP contribution is -1.99. The van der Waals surface area contributed by atoms with Crippen LogP contribution in [0.3, 0.4) is 0 Å². The molecule has 0 aliphatic heterocycles. The molecule has 1 aromatic rings. The third-order valence-electron chi connectivity index (χ3n) is 1.97. The molecule has 0 heterocycles. The van der Waals surface area contributed by atoms with Crippen molar-refractivity contribution < 1.29 is 4.74 Å². The zero-order valence-corrected chi connectivity index (χ0v) is 7.21. The molecule has 1 aromatic carbocycles. The summed E-state index contributed by atoms with van der Waals surface area (Å²) in [6, 6.07) is 8.03. The second-order valence-electron chi connectivity index (χ2n) is 3.06. The van der Waals surface area contributed by atoms with Crippen molar-refractivity contribution in [2.24, 2.45) is 0 Å². The molecule has 1 N–H and O–H groups in total. The Morgan fingerprint density at radius 2 is 2.08 bits per heavy atom. The van der Waals surface area contributed by atoms with Gasteiger partial charge < -0.3 is 10.1 Å². The average Bonchev–Trinajstić information content (AvgIpc) is 2.89. The van der Waals surface area contributed by atoms with Crippen LogP contribution in [0.2, 0.25) is 0 Å². The number of benzene rings is 1. The number of anilines is 1. The topological polar surface area (TPSA) is 21.3 Å². The Labute approximate surface area is 72.5 Å². The lowest BCUT2D eigenvalue weighted by molar-refractivity contribution is 0.305. The molecule has 0 aromatic heterocycles. The molecule has 2 nitrogen and oxygen atoms in total. The van der Waals surface area contributed by atoms with Gasteiger partial charge in [0.2, 0.25) is 0 Å². The van der Waals surface area contributed by atoms with Crippen LogP contribution in [0.25, 0.3) is 0 Å². The van der Waals surface area contributed by atoms with Crippen molar-refractivity contribution in [3.8, 4) is 5.75 Å². The standard InChI is InChI=1S/C10H13NO/c1-11-9-4-2-3-5-10(9)12-8-6-7-8/h2-5,8,11H,6-7H2,1H3. The minimum absolute atomic E-state index is 0.472. The monoisotopic (exact) mass is 163 g/mol. The SMILES string of the molecule is CNc1ccccc1OC1CC1. The summed E-state index contributed by atoms with van der Waals surface area (Å²) in [5, 5.41) is 3.10. The highest BCUT2D eigenvalue weighted by atomic mass is 16.5. The molecule has 0 atom stereocenters. The van der Waals surface area contributed by atoms with Gasteiger partial charge in [0.15, 0.2) is 0 Å². The van der Waals surface area contributed by atoms with E-state index in [1.165, 1.54) is 12.8 Å². The molecular weight excluding hydrogens is 150 g/mol. The minimum Gasteiger partial charge on any atom is -0.488 e. The molecule has 0 bridgehead atoms. The molecule has 2 heteroatoms. The summed E-state index contributed by atoms with van der Waals surface area (Å²) in [6.45, 7) is 0. The number of ether oxygens (including phenoxy) is 1. The maximum absolute atomic E-state index is 5.68. The molecule has 0 unspecified atom stereocenters. The van der Waals surface area contributed by atoms with Crippen LogP contribution in [0.5, 0.6) is 5.75 Å². The first-order chi connectivity index (χ1) is 5.90. The van der Waals surface area contributed by atoms with Crippen molar-refractivity contribution >= 4 is 5.69 Å². The van der Waals surface area contributed by atoms with Crippen LogP contribution < -0.4 is 10.1 Å². The van der Waals surface area contributed by atoms with Crippen molar-refractivity contribution in [3.63, 3.8) is 0 Å². The Morgan fingerprint density at radius 1 is 1.33 bits per heavy atom. The van der Waals surface area contributed by atoms with E-state index in [0.29, 0.717) is 6.10 Å². The van der Waals surface area contributed by atoms with E-state index >= 15 is 0 Å². The van der Waals surface area contributed by atoms with Crippen molar-refractivity contribution in [1.82, 2.24) is 0 Å². The second kappa shape index (κ2) is 3.05. The van der Waals surface area contributed by atoms with Crippen LogP contribution in [0.4, 0.5) is 5.69 Å². The lowest BCUT2D eigenvalue weighted by atomic mass is 10.3. The maximum Gasteiger partial charge on any atom is 0.142 e.